The molecule has 2 amide bonds. The third kappa shape index (κ3) is 4.93. The van der Waals surface area contributed by atoms with Gasteiger partial charge in [-0.3, -0.25) is 19.3 Å². The number of thiophene rings is 1. The molecule has 0 bridgehead atoms. The molecule has 1 aliphatic carbocycles. The number of carbonyl (C=O) groups excluding carboxylic acids is 2. The lowest BCUT2D eigenvalue weighted by Crippen LogP contribution is -2.40. The minimum Gasteiger partial charge on any atom is -0.481 e. The summed E-state index contributed by atoms with van der Waals surface area (Å²) in [5.74, 6) is 4.68. The molecule has 3 aromatic rings. The van der Waals surface area contributed by atoms with Gasteiger partial charge >= 0.3 is 5.97 Å². The summed E-state index contributed by atoms with van der Waals surface area (Å²) in [6, 6.07) is 16.0. The summed E-state index contributed by atoms with van der Waals surface area (Å²) in [6.45, 7) is 0.103. The Kier molecular flexibility index (Phi) is 6.76. The van der Waals surface area contributed by atoms with E-state index in [0.717, 1.165) is 22.0 Å². The Morgan fingerprint density at radius 3 is 2.77 bits per heavy atom. The van der Waals surface area contributed by atoms with Crippen LogP contribution in [-0.2, 0) is 16.1 Å². The van der Waals surface area contributed by atoms with E-state index in [-0.39, 0.29) is 30.8 Å². The van der Waals surface area contributed by atoms with Crippen LogP contribution in [0.25, 0.3) is 0 Å². The topological polar surface area (TPSA) is 111 Å². The van der Waals surface area contributed by atoms with Crippen molar-refractivity contribution in [1.82, 2.24) is 10.6 Å². The molecule has 40 heavy (non-hydrogen) atoms. The zero-order valence-corrected chi connectivity index (χ0v) is 22.1. The lowest BCUT2D eigenvalue weighted by molar-refractivity contribution is -0.137. The van der Waals surface area contributed by atoms with Crippen molar-refractivity contribution in [2.75, 3.05) is 11.4 Å². The lowest BCUT2D eigenvalue weighted by Gasteiger charge is -2.23. The first-order valence-electron chi connectivity index (χ1n) is 12.8. The smallest absolute Gasteiger partial charge is 0.304 e. The maximum absolute atomic E-state index is 13.7. The highest BCUT2D eigenvalue weighted by molar-refractivity contribution is 7.10. The molecule has 2 aromatic carbocycles. The molecule has 3 aliphatic rings. The van der Waals surface area contributed by atoms with Gasteiger partial charge in [0.15, 0.2) is 6.04 Å². The van der Waals surface area contributed by atoms with E-state index in [0.29, 0.717) is 28.9 Å². The SMILES string of the molecule is O=C(O)CC1c2ccccc2C(=O)N(CC(=O)NCc2cc(C3=NC4C#CC=CC=C4N3)cs2)c2ccccc21. The zero-order chi connectivity index (χ0) is 27.6. The van der Waals surface area contributed by atoms with Crippen LogP contribution in [0.2, 0.25) is 0 Å². The van der Waals surface area contributed by atoms with Gasteiger partial charge in [-0.05, 0) is 41.5 Å². The van der Waals surface area contributed by atoms with Gasteiger partial charge in [0.1, 0.15) is 12.4 Å². The predicted molar refractivity (Wildman–Crippen MR) is 153 cm³/mol. The molecule has 6 rings (SSSR count). The molecule has 0 radical (unpaired) electrons. The van der Waals surface area contributed by atoms with Crippen molar-refractivity contribution in [2.24, 2.45) is 4.99 Å². The maximum Gasteiger partial charge on any atom is 0.304 e. The molecule has 9 heteroatoms. The fourth-order valence-electron chi connectivity index (χ4n) is 5.13. The number of amidine groups is 1. The first-order chi connectivity index (χ1) is 19.5. The van der Waals surface area contributed by atoms with Crippen molar-refractivity contribution in [2.45, 2.75) is 24.9 Å². The second kappa shape index (κ2) is 10.7. The van der Waals surface area contributed by atoms with Crippen molar-refractivity contribution in [1.29, 1.82) is 0 Å². The van der Waals surface area contributed by atoms with Crippen LogP contribution in [-0.4, -0.2) is 41.3 Å². The monoisotopic (exact) mass is 548 g/mol. The van der Waals surface area contributed by atoms with Gasteiger partial charge < -0.3 is 15.7 Å². The van der Waals surface area contributed by atoms with Gasteiger partial charge in [-0.2, -0.15) is 0 Å². The highest BCUT2D eigenvalue weighted by Crippen LogP contribution is 2.40. The van der Waals surface area contributed by atoms with E-state index in [2.05, 4.69) is 27.5 Å². The van der Waals surface area contributed by atoms with Crippen LogP contribution in [0.5, 0.6) is 0 Å². The van der Waals surface area contributed by atoms with Gasteiger partial charge in [0.2, 0.25) is 5.91 Å². The molecule has 0 saturated carbocycles. The van der Waals surface area contributed by atoms with E-state index in [1.807, 2.05) is 35.7 Å². The van der Waals surface area contributed by atoms with Crippen LogP contribution >= 0.6 is 11.3 Å². The molecule has 0 saturated heterocycles. The molecule has 8 nitrogen and oxygen atoms in total. The van der Waals surface area contributed by atoms with Crippen molar-refractivity contribution < 1.29 is 19.5 Å². The molecule has 3 heterocycles. The Morgan fingerprint density at radius 1 is 1.12 bits per heavy atom. The van der Waals surface area contributed by atoms with Gasteiger partial charge in [-0.15, -0.1) is 11.3 Å². The highest BCUT2D eigenvalue weighted by Gasteiger charge is 2.34. The first kappa shape index (κ1) is 25.3. The van der Waals surface area contributed by atoms with Crippen LogP contribution in [0.1, 0.15) is 44.3 Å². The van der Waals surface area contributed by atoms with Crippen LogP contribution < -0.4 is 15.5 Å². The number of fused-ring (bicyclic) bond motifs is 3. The predicted octanol–water partition coefficient (Wildman–Crippen LogP) is 3.81. The number of anilines is 1. The van der Waals surface area contributed by atoms with Crippen molar-refractivity contribution in [3.8, 4) is 11.8 Å². The largest absolute Gasteiger partial charge is 0.481 e. The number of aliphatic imine (C=N–C) groups is 1. The van der Waals surface area contributed by atoms with Gasteiger partial charge in [0, 0.05) is 33.0 Å². The number of carboxylic acids is 1. The van der Waals surface area contributed by atoms with Gasteiger partial charge in [0.05, 0.1) is 18.7 Å². The zero-order valence-electron chi connectivity index (χ0n) is 21.3. The molecule has 2 atom stereocenters. The van der Waals surface area contributed by atoms with Crippen molar-refractivity contribution in [3.63, 3.8) is 0 Å². The van der Waals surface area contributed by atoms with Crippen molar-refractivity contribution >= 4 is 40.6 Å². The molecule has 3 N–H and O–H groups in total. The number of nitrogens with one attached hydrogen (secondary N) is 2. The third-order valence-corrected chi connectivity index (χ3v) is 7.91. The van der Waals surface area contributed by atoms with Gasteiger partial charge in [-0.1, -0.05) is 54.3 Å². The number of hydrogen-bond donors (Lipinski definition) is 3. The first-order valence-corrected chi connectivity index (χ1v) is 13.6. The van der Waals surface area contributed by atoms with E-state index >= 15 is 0 Å². The number of nitrogens with zero attached hydrogens (tertiary/aromatic N) is 2. The number of allylic oxidation sites excluding steroid dienone is 3. The number of rotatable bonds is 7. The van der Waals surface area contributed by atoms with Gasteiger partial charge in [-0.25, -0.2) is 4.99 Å². The fraction of sp³-hybridized carbons (Fsp3) is 0.161. The summed E-state index contributed by atoms with van der Waals surface area (Å²) in [4.78, 5) is 45.6. The molecule has 0 fully saturated rings. The van der Waals surface area contributed by atoms with Crippen LogP contribution in [0, 0.1) is 11.8 Å². The molecular weight excluding hydrogens is 524 g/mol. The van der Waals surface area contributed by atoms with Crippen LogP contribution in [0.3, 0.4) is 0 Å². The molecule has 2 aliphatic heterocycles. The Bertz CT molecular complexity index is 1690. The normalized spacial score (nSPS) is 18.5. The Hall–Kier alpha value is -4.94. The highest BCUT2D eigenvalue weighted by atomic mass is 32.1. The number of benzene rings is 2. The molecule has 198 valence electrons. The Morgan fingerprint density at radius 2 is 1.93 bits per heavy atom. The number of carbonyl (C=O) groups is 3. The quantitative estimate of drug-likeness (QED) is 0.389. The summed E-state index contributed by atoms with van der Waals surface area (Å²) in [7, 11) is 0. The summed E-state index contributed by atoms with van der Waals surface area (Å²) in [5.41, 5.74) is 4.15. The summed E-state index contributed by atoms with van der Waals surface area (Å²) in [5, 5.41) is 17.8. The van der Waals surface area contributed by atoms with E-state index < -0.39 is 11.9 Å². The number of amides is 2. The minimum atomic E-state index is -0.960. The average molecular weight is 549 g/mol. The Balaban J connectivity index is 1.19. The number of aliphatic carboxylic acids is 1. The van der Waals surface area contributed by atoms with Crippen LogP contribution in [0.4, 0.5) is 5.69 Å². The second-order valence-corrected chi connectivity index (χ2v) is 10.5. The van der Waals surface area contributed by atoms with Crippen molar-refractivity contribution in [3.05, 3.63) is 111 Å². The summed E-state index contributed by atoms with van der Waals surface area (Å²) < 4.78 is 0. The minimum absolute atomic E-state index is 0.163. The number of para-hydroxylation sites is 1. The molecule has 2 unspecified atom stereocenters. The molecular formula is C31H24N4O4S. The summed E-state index contributed by atoms with van der Waals surface area (Å²) >= 11 is 1.51. The lowest BCUT2D eigenvalue weighted by atomic mass is 9.86. The average Bonchev–Trinajstić information content (AvgIpc) is 3.52. The summed E-state index contributed by atoms with van der Waals surface area (Å²) in [6.07, 6.45) is 5.47. The standard InChI is InChI=1S/C31H24N4O4S/c36-28(32-16-20-14-19(18-40-20)30-33-25-11-2-1-3-12-26(25)34-30)17-35-27-13-7-6-9-22(27)24(15-29(37)38)21-8-4-5-10-23(21)31(35)39/h1-2,4-11,13-14,18,24,26H,15-17H2,(H,32,36)(H,33,34)(H,37,38). The van der Waals surface area contributed by atoms with E-state index in [1.165, 1.54) is 16.2 Å². The van der Waals surface area contributed by atoms with E-state index in [9.17, 15) is 19.5 Å². The molecule has 1 aromatic heterocycles. The number of hydrogen-bond acceptors (Lipinski definition) is 6. The third-order valence-electron chi connectivity index (χ3n) is 6.97. The second-order valence-electron chi connectivity index (χ2n) is 9.54. The van der Waals surface area contributed by atoms with Crippen LogP contribution in [0.15, 0.2) is 88.9 Å². The van der Waals surface area contributed by atoms with E-state index in [4.69, 9.17) is 0 Å². The van der Waals surface area contributed by atoms with Gasteiger partial charge in [0.25, 0.3) is 5.91 Å². The number of carboxylic acid groups (broad SMARTS) is 1. The molecule has 0 spiro atoms. The maximum atomic E-state index is 13.7. The van der Waals surface area contributed by atoms with E-state index in [1.54, 1.807) is 42.5 Å². The Labute approximate surface area is 234 Å². The fourth-order valence-corrected chi connectivity index (χ4v) is 5.94.